The minimum Gasteiger partial charge on any atom is -0.378 e. The normalized spacial score (nSPS) is 10.7. The Morgan fingerprint density at radius 2 is 1.84 bits per heavy atom. The largest absolute Gasteiger partial charge is 0.378 e. The quantitative estimate of drug-likeness (QED) is 0.474. The van der Waals surface area contributed by atoms with Crippen LogP contribution in [0.1, 0.15) is 6.92 Å². The summed E-state index contributed by atoms with van der Waals surface area (Å²) in [4.78, 5) is 23.4. The van der Waals surface area contributed by atoms with Crippen LogP contribution in [0.2, 0.25) is 5.02 Å². The number of benzene rings is 2. The van der Waals surface area contributed by atoms with Gasteiger partial charge in [-0.1, -0.05) is 11.6 Å². The third kappa shape index (κ3) is 4.74. The van der Waals surface area contributed by atoms with Crippen LogP contribution in [0.3, 0.4) is 0 Å². The molecule has 0 heterocycles. The number of azo groups is 1. The zero-order valence-corrected chi connectivity index (χ0v) is 14.6. The molecule has 0 aliphatic rings. The second-order valence-corrected chi connectivity index (χ2v) is 5.78. The van der Waals surface area contributed by atoms with E-state index in [-0.39, 0.29) is 22.3 Å². The molecular weight excluding hydrogens is 346 g/mol. The Morgan fingerprint density at radius 1 is 1.16 bits per heavy atom. The van der Waals surface area contributed by atoms with Crippen molar-refractivity contribution in [2.45, 2.75) is 6.92 Å². The summed E-state index contributed by atoms with van der Waals surface area (Å²) < 4.78 is 0. The summed E-state index contributed by atoms with van der Waals surface area (Å²) in [5.74, 6) is -0.234. The smallest absolute Gasteiger partial charge is 0.271 e. The Morgan fingerprint density at radius 3 is 2.40 bits per heavy atom. The van der Waals surface area contributed by atoms with Gasteiger partial charge in [0.1, 0.15) is 11.4 Å². The van der Waals surface area contributed by atoms with Gasteiger partial charge in [0.2, 0.25) is 5.91 Å². The molecule has 8 nitrogen and oxygen atoms in total. The van der Waals surface area contributed by atoms with Crippen molar-refractivity contribution in [2.24, 2.45) is 10.2 Å². The first-order chi connectivity index (χ1) is 11.8. The summed E-state index contributed by atoms with van der Waals surface area (Å²) in [6.45, 7) is 1.40. The number of nitrogens with one attached hydrogen (secondary N) is 1. The summed E-state index contributed by atoms with van der Waals surface area (Å²) >= 11 is 6.01. The zero-order chi connectivity index (χ0) is 18.6. The zero-order valence-electron chi connectivity index (χ0n) is 13.9. The summed E-state index contributed by atoms with van der Waals surface area (Å²) in [6, 6.07) is 9.24. The fraction of sp³-hybridized carbons (Fsp3) is 0.188. The van der Waals surface area contributed by atoms with E-state index in [0.29, 0.717) is 11.4 Å². The third-order valence-electron chi connectivity index (χ3n) is 3.22. The Bertz CT molecular complexity index is 852. The van der Waals surface area contributed by atoms with E-state index in [2.05, 4.69) is 15.5 Å². The minimum atomic E-state index is -0.539. The van der Waals surface area contributed by atoms with Crippen molar-refractivity contribution in [1.82, 2.24) is 0 Å². The molecule has 0 aliphatic carbocycles. The van der Waals surface area contributed by atoms with Crippen molar-refractivity contribution < 1.29 is 9.72 Å². The number of halogens is 1. The lowest BCUT2D eigenvalue weighted by Gasteiger charge is -2.14. The summed E-state index contributed by atoms with van der Waals surface area (Å²) in [5, 5.41) is 21.7. The molecule has 2 aromatic rings. The number of anilines is 2. The molecule has 1 amide bonds. The highest BCUT2D eigenvalue weighted by atomic mass is 35.5. The van der Waals surface area contributed by atoms with Crippen LogP contribution >= 0.6 is 11.6 Å². The van der Waals surface area contributed by atoms with Crippen LogP contribution in [0.25, 0.3) is 0 Å². The lowest BCUT2D eigenvalue weighted by Crippen LogP contribution is -2.09. The number of hydrogen-bond acceptors (Lipinski definition) is 6. The number of carbonyl (C=O) groups is 1. The summed E-state index contributed by atoms with van der Waals surface area (Å²) in [5.41, 5.74) is 1.97. The van der Waals surface area contributed by atoms with Crippen molar-refractivity contribution in [3.8, 4) is 0 Å². The van der Waals surface area contributed by atoms with Gasteiger partial charge in [0, 0.05) is 38.8 Å². The fourth-order valence-corrected chi connectivity index (χ4v) is 2.19. The maximum atomic E-state index is 11.3. The first-order valence-electron chi connectivity index (χ1n) is 7.22. The maximum absolute atomic E-state index is 11.3. The Hall–Kier alpha value is -3.00. The van der Waals surface area contributed by atoms with E-state index < -0.39 is 4.92 Å². The van der Waals surface area contributed by atoms with Crippen LogP contribution in [0.5, 0.6) is 0 Å². The first-order valence-corrected chi connectivity index (χ1v) is 7.60. The van der Waals surface area contributed by atoms with E-state index in [9.17, 15) is 14.9 Å². The van der Waals surface area contributed by atoms with Crippen LogP contribution in [0.4, 0.5) is 28.4 Å². The van der Waals surface area contributed by atoms with E-state index >= 15 is 0 Å². The number of amides is 1. The first kappa shape index (κ1) is 18.3. The van der Waals surface area contributed by atoms with Crippen molar-refractivity contribution in [1.29, 1.82) is 0 Å². The average Bonchev–Trinajstić information content (AvgIpc) is 2.53. The number of nitro benzene ring substituents is 1. The van der Waals surface area contributed by atoms with Gasteiger partial charge < -0.3 is 10.2 Å². The Balaban J connectivity index is 2.40. The third-order valence-corrected chi connectivity index (χ3v) is 3.52. The van der Waals surface area contributed by atoms with Crippen LogP contribution in [-0.4, -0.2) is 24.9 Å². The molecule has 0 saturated heterocycles. The molecule has 9 heteroatoms. The topological polar surface area (TPSA) is 100 Å². The molecule has 0 saturated carbocycles. The number of carbonyl (C=O) groups excluding carboxylic acids is 1. The maximum Gasteiger partial charge on any atom is 0.271 e. The molecule has 1 N–H and O–H groups in total. The minimum absolute atomic E-state index is 0.114. The van der Waals surface area contributed by atoms with Crippen molar-refractivity contribution >= 4 is 45.9 Å². The van der Waals surface area contributed by atoms with Crippen molar-refractivity contribution in [2.75, 3.05) is 24.3 Å². The molecule has 2 rings (SSSR count). The standard InChI is InChI=1S/C16H16ClN5O3/c1-10(23)18-15-7-4-11(21(2)3)9-16(15)20-19-14-6-5-12(22(24)25)8-13(14)17/h4-9H,1-3H3,(H,18,23). The van der Waals surface area contributed by atoms with E-state index in [1.54, 1.807) is 12.1 Å². The molecule has 0 radical (unpaired) electrons. The van der Waals surface area contributed by atoms with Crippen LogP contribution in [0.15, 0.2) is 46.6 Å². The van der Waals surface area contributed by atoms with E-state index in [4.69, 9.17) is 11.6 Å². The average molecular weight is 362 g/mol. The number of hydrogen-bond donors (Lipinski definition) is 1. The monoisotopic (exact) mass is 361 g/mol. The Labute approximate surface area is 149 Å². The van der Waals surface area contributed by atoms with Gasteiger partial charge in [0.05, 0.1) is 15.6 Å². The molecule has 0 aromatic heterocycles. The highest BCUT2D eigenvalue weighted by Crippen LogP contribution is 2.34. The molecule has 130 valence electrons. The van der Waals surface area contributed by atoms with Crippen LogP contribution < -0.4 is 10.2 Å². The molecular formula is C16H16ClN5O3. The van der Waals surface area contributed by atoms with Gasteiger partial charge in [-0.05, 0) is 24.3 Å². The summed E-state index contributed by atoms with van der Waals surface area (Å²) in [6.07, 6.45) is 0. The molecule has 25 heavy (non-hydrogen) atoms. The fourth-order valence-electron chi connectivity index (χ4n) is 1.97. The van der Waals surface area contributed by atoms with E-state index in [1.165, 1.54) is 25.1 Å². The van der Waals surface area contributed by atoms with Gasteiger partial charge in [0.25, 0.3) is 5.69 Å². The van der Waals surface area contributed by atoms with Crippen LogP contribution in [-0.2, 0) is 4.79 Å². The van der Waals surface area contributed by atoms with Gasteiger partial charge in [-0.25, -0.2) is 0 Å². The molecule has 0 aliphatic heterocycles. The summed E-state index contributed by atoms with van der Waals surface area (Å²) in [7, 11) is 3.75. The van der Waals surface area contributed by atoms with Gasteiger partial charge >= 0.3 is 0 Å². The molecule has 0 unspecified atom stereocenters. The number of non-ortho nitro benzene ring substituents is 1. The molecule has 0 spiro atoms. The molecule has 0 atom stereocenters. The Kier molecular flexibility index (Phi) is 5.66. The SMILES string of the molecule is CC(=O)Nc1ccc(N(C)C)cc1N=Nc1ccc([N+](=O)[O-])cc1Cl. The number of nitro groups is 1. The molecule has 0 bridgehead atoms. The second kappa shape index (κ2) is 7.71. The van der Waals surface area contributed by atoms with Crippen LogP contribution in [0, 0.1) is 10.1 Å². The van der Waals surface area contributed by atoms with Crippen molar-refractivity contribution in [3.63, 3.8) is 0 Å². The second-order valence-electron chi connectivity index (χ2n) is 5.37. The van der Waals surface area contributed by atoms with Gasteiger partial charge in [0.15, 0.2) is 0 Å². The van der Waals surface area contributed by atoms with Gasteiger partial charge in [-0.2, -0.15) is 0 Å². The highest BCUT2D eigenvalue weighted by Gasteiger charge is 2.10. The van der Waals surface area contributed by atoms with Gasteiger partial charge in [-0.3, -0.25) is 14.9 Å². The number of nitrogens with zero attached hydrogens (tertiary/aromatic N) is 4. The van der Waals surface area contributed by atoms with Crippen molar-refractivity contribution in [3.05, 3.63) is 51.5 Å². The molecule has 2 aromatic carbocycles. The highest BCUT2D eigenvalue weighted by molar-refractivity contribution is 6.33. The number of rotatable bonds is 5. The molecule has 0 fully saturated rings. The predicted octanol–water partition coefficient (Wildman–Crippen LogP) is 4.69. The van der Waals surface area contributed by atoms with E-state index in [0.717, 1.165) is 5.69 Å². The lowest BCUT2D eigenvalue weighted by molar-refractivity contribution is -0.384. The van der Waals surface area contributed by atoms with Gasteiger partial charge in [-0.15, -0.1) is 10.2 Å². The van der Waals surface area contributed by atoms with E-state index in [1.807, 2.05) is 25.1 Å². The lowest BCUT2D eigenvalue weighted by atomic mass is 10.2. The predicted molar refractivity (Wildman–Crippen MR) is 97.4 cm³/mol.